The first kappa shape index (κ1) is 14.5. The Morgan fingerprint density at radius 1 is 1.45 bits per heavy atom. The van der Waals surface area contributed by atoms with E-state index in [1.54, 1.807) is 26.0 Å². The minimum Gasteiger partial charge on any atom is -0.480 e. The summed E-state index contributed by atoms with van der Waals surface area (Å²) in [5, 5.41) is 9.49. The van der Waals surface area contributed by atoms with Crippen LogP contribution < -0.4 is 4.72 Å². The summed E-state index contributed by atoms with van der Waals surface area (Å²) in [5.41, 5.74) is 0.435. The smallest absolute Gasteiger partial charge is 0.322 e. The molecule has 0 aliphatic rings. The highest BCUT2D eigenvalue weighted by molar-refractivity contribution is 7.89. The van der Waals surface area contributed by atoms with Crippen molar-refractivity contribution in [3.63, 3.8) is 0 Å². The molecule has 0 saturated heterocycles. The van der Waals surface area contributed by atoms with Gasteiger partial charge in [-0.3, -0.25) is 4.79 Å². The van der Waals surface area contributed by atoms with Gasteiger partial charge in [-0.15, -0.1) is 0 Å². The van der Waals surface area contributed by atoms with Crippen LogP contribution in [0.25, 0.3) is 11.0 Å². The maximum Gasteiger partial charge on any atom is 0.322 e. The van der Waals surface area contributed by atoms with Crippen molar-refractivity contribution in [3.8, 4) is 0 Å². The number of H-pyrrole nitrogens is 1. The van der Waals surface area contributed by atoms with E-state index in [-0.39, 0.29) is 10.8 Å². The van der Waals surface area contributed by atoms with Gasteiger partial charge < -0.3 is 10.1 Å². The van der Waals surface area contributed by atoms with Gasteiger partial charge in [0, 0.05) is 17.8 Å². The lowest BCUT2D eigenvalue weighted by molar-refractivity contribution is -0.140. The van der Waals surface area contributed by atoms with Crippen LogP contribution in [-0.2, 0) is 14.8 Å². The number of hydrogen-bond donors (Lipinski definition) is 3. The minimum absolute atomic E-state index is 0.00694. The first-order valence-electron chi connectivity index (χ1n) is 6.00. The Balaban J connectivity index is 2.42. The molecule has 1 unspecified atom stereocenters. The molecule has 0 radical (unpaired) electrons. The Labute approximate surface area is 116 Å². The molecule has 0 spiro atoms. The summed E-state index contributed by atoms with van der Waals surface area (Å²) in [6, 6.07) is 2.05. The quantitative estimate of drug-likeness (QED) is 0.760. The van der Waals surface area contributed by atoms with E-state index in [0.717, 1.165) is 0 Å². The predicted octanol–water partition coefficient (Wildman–Crippen LogP) is 0.950. The molecule has 0 fully saturated rings. The largest absolute Gasteiger partial charge is 0.480 e. The van der Waals surface area contributed by atoms with E-state index in [2.05, 4.69) is 14.7 Å². The van der Waals surface area contributed by atoms with Gasteiger partial charge in [-0.1, -0.05) is 13.8 Å². The highest BCUT2D eigenvalue weighted by Gasteiger charge is 2.29. The molecule has 2 heterocycles. The van der Waals surface area contributed by atoms with Gasteiger partial charge in [0.25, 0.3) is 0 Å². The van der Waals surface area contributed by atoms with Crippen molar-refractivity contribution in [1.82, 2.24) is 14.7 Å². The molecular formula is C12H15N3O4S. The summed E-state index contributed by atoms with van der Waals surface area (Å²) in [6.45, 7) is 3.27. The van der Waals surface area contributed by atoms with Crippen LogP contribution in [0.4, 0.5) is 0 Å². The maximum atomic E-state index is 12.3. The predicted molar refractivity (Wildman–Crippen MR) is 72.7 cm³/mol. The second-order valence-corrected chi connectivity index (χ2v) is 6.42. The average Bonchev–Trinajstić information content (AvgIpc) is 2.80. The van der Waals surface area contributed by atoms with Crippen LogP contribution >= 0.6 is 0 Å². The summed E-state index contributed by atoms with van der Waals surface area (Å²) < 4.78 is 26.8. The topological polar surface area (TPSA) is 112 Å². The molecule has 0 amide bonds. The van der Waals surface area contributed by atoms with Gasteiger partial charge in [0.2, 0.25) is 10.0 Å². The molecule has 0 aliphatic heterocycles. The zero-order chi connectivity index (χ0) is 14.9. The van der Waals surface area contributed by atoms with Gasteiger partial charge in [-0.25, -0.2) is 13.4 Å². The van der Waals surface area contributed by atoms with E-state index in [1.807, 2.05) is 0 Å². The number of aromatic amines is 1. The molecule has 0 bridgehead atoms. The number of carbonyl (C=O) groups is 1. The van der Waals surface area contributed by atoms with Crippen LogP contribution in [0, 0.1) is 5.92 Å². The van der Waals surface area contributed by atoms with Crippen molar-refractivity contribution >= 4 is 27.0 Å². The lowest BCUT2D eigenvalue weighted by atomic mass is 10.1. The first-order chi connectivity index (χ1) is 9.33. The normalized spacial score (nSPS) is 13.8. The fourth-order valence-electron chi connectivity index (χ4n) is 1.86. The fourth-order valence-corrected chi connectivity index (χ4v) is 3.36. The lowest BCUT2D eigenvalue weighted by Gasteiger charge is -2.17. The van der Waals surface area contributed by atoms with Gasteiger partial charge in [0.1, 0.15) is 16.6 Å². The third kappa shape index (κ3) is 2.66. The van der Waals surface area contributed by atoms with Crippen LogP contribution in [0.5, 0.6) is 0 Å². The summed E-state index contributed by atoms with van der Waals surface area (Å²) in [5.74, 6) is -1.58. The second-order valence-electron chi connectivity index (χ2n) is 4.73. The molecular weight excluding hydrogens is 282 g/mol. The van der Waals surface area contributed by atoms with E-state index >= 15 is 0 Å². The lowest BCUT2D eigenvalue weighted by Crippen LogP contribution is -2.44. The number of carboxylic acid groups (broad SMARTS) is 1. The van der Waals surface area contributed by atoms with Crippen molar-refractivity contribution in [2.45, 2.75) is 24.8 Å². The van der Waals surface area contributed by atoms with Crippen molar-refractivity contribution in [2.75, 3.05) is 0 Å². The molecule has 7 nitrogen and oxygen atoms in total. The number of nitrogens with zero attached hydrogens (tertiary/aromatic N) is 1. The van der Waals surface area contributed by atoms with Gasteiger partial charge in [-0.2, -0.15) is 4.72 Å². The SMILES string of the molecule is CC(C)C(NS(=O)(=O)c1c[nH]c2ncccc12)C(=O)O. The Morgan fingerprint density at radius 2 is 2.15 bits per heavy atom. The van der Waals surface area contributed by atoms with Crippen LogP contribution in [0.1, 0.15) is 13.8 Å². The van der Waals surface area contributed by atoms with Crippen molar-refractivity contribution in [3.05, 3.63) is 24.5 Å². The highest BCUT2D eigenvalue weighted by atomic mass is 32.2. The van der Waals surface area contributed by atoms with Crippen LogP contribution in [0.3, 0.4) is 0 Å². The van der Waals surface area contributed by atoms with Crippen molar-refractivity contribution in [1.29, 1.82) is 0 Å². The summed E-state index contributed by atoms with van der Waals surface area (Å²) >= 11 is 0. The fraction of sp³-hybridized carbons (Fsp3) is 0.333. The first-order valence-corrected chi connectivity index (χ1v) is 7.48. The number of hydrogen-bond acceptors (Lipinski definition) is 4. The summed E-state index contributed by atoms with van der Waals surface area (Å²) in [7, 11) is -3.93. The number of aliphatic carboxylic acids is 1. The zero-order valence-electron chi connectivity index (χ0n) is 11.0. The van der Waals surface area contributed by atoms with Crippen molar-refractivity contribution < 1.29 is 18.3 Å². The van der Waals surface area contributed by atoms with Gasteiger partial charge in [-0.05, 0) is 18.1 Å². The van der Waals surface area contributed by atoms with E-state index in [1.165, 1.54) is 12.4 Å². The molecule has 2 aromatic heterocycles. The molecule has 0 aromatic carbocycles. The molecule has 2 rings (SSSR count). The molecule has 20 heavy (non-hydrogen) atoms. The van der Waals surface area contributed by atoms with E-state index in [4.69, 9.17) is 5.11 Å². The highest BCUT2D eigenvalue weighted by Crippen LogP contribution is 2.21. The molecule has 108 valence electrons. The third-order valence-electron chi connectivity index (χ3n) is 2.92. The van der Waals surface area contributed by atoms with Gasteiger partial charge in [0.15, 0.2) is 0 Å². The number of pyridine rings is 1. The van der Waals surface area contributed by atoms with Crippen LogP contribution in [0.2, 0.25) is 0 Å². The summed E-state index contributed by atoms with van der Waals surface area (Å²) in [4.78, 5) is 17.8. The number of fused-ring (bicyclic) bond motifs is 1. The standard InChI is InChI=1S/C12H15N3O4S/c1-7(2)10(12(16)17)15-20(18,19)9-6-14-11-8(9)4-3-5-13-11/h3-7,10,15H,1-2H3,(H,13,14)(H,16,17). The number of nitrogens with one attached hydrogen (secondary N) is 2. The van der Waals surface area contributed by atoms with E-state index in [0.29, 0.717) is 11.0 Å². The van der Waals surface area contributed by atoms with E-state index < -0.39 is 22.0 Å². The number of sulfonamides is 1. The zero-order valence-corrected chi connectivity index (χ0v) is 11.8. The Kier molecular flexibility index (Phi) is 3.78. The molecule has 3 N–H and O–H groups in total. The van der Waals surface area contributed by atoms with Gasteiger partial charge >= 0.3 is 5.97 Å². The Hall–Kier alpha value is -1.93. The average molecular weight is 297 g/mol. The Morgan fingerprint density at radius 3 is 2.75 bits per heavy atom. The van der Waals surface area contributed by atoms with Crippen LogP contribution in [0.15, 0.2) is 29.4 Å². The van der Waals surface area contributed by atoms with Gasteiger partial charge in [0.05, 0.1) is 0 Å². The summed E-state index contributed by atoms with van der Waals surface area (Å²) in [6.07, 6.45) is 2.84. The number of carboxylic acids is 1. The third-order valence-corrected chi connectivity index (χ3v) is 4.40. The number of rotatable bonds is 5. The second kappa shape index (κ2) is 5.22. The maximum absolute atomic E-state index is 12.3. The Bertz CT molecular complexity index is 736. The van der Waals surface area contributed by atoms with Crippen molar-refractivity contribution in [2.24, 2.45) is 5.92 Å². The monoisotopic (exact) mass is 297 g/mol. The molecule has 0 aliphatic carbocycles. The molecule has 2 aromatic rings. The van der Waals surface area contributed by atoms with E-state index in [9.17, 15) is 13.2 Å². The molecule has 8 heteroatoms. The molecule has 1 atom stereocenters. The minimum atomic E-state index is -3.93. The number of aromatic nitrogens is 2. The van der Waals surface area contributed by atoms with Crippen LogP contribution in [-0.4, -0.2) is 35.5 Å². The molecule has 0 saturated carbocycles.